The van der Waals surface area contributed by atoms with Crippen LogP contribution >= 0.6 is 0 Å². The number of hydrogen-bond donors (Lipinski definition) is 1. The van der Waals surface area contributed by atoms with Crippen LogP contribution in [0.4, 0.5) is 0 Å². The summed E-state index contributed by atoms with van der Waals surface area (Å²) >= 11 is 0. The molecule has 0 aromatic heterocycles. The molecule has 2 amide bonds. The van der Waals surface area contributed by atoms with Gasteiger partial charge in [0.15, 0.2) is 0 Å². The minimum atomic E-state index is -0.00347. The Labute approximate surface area is 208 Å². The second-order valence-corrected chi connectivity index (χ2v) is 10.3. The lowest BCUT2D eigenvalue weighted by Crippen LogP contribution is -2.51. The van der Waals surface area contributed by atoms with Gasteiger partial charge in [0, 0.05) is 69.9 Å². The van der Waals surface area contributed by atoms with Crippen LogP contribution in [0.3, 0.4) is 0 Å². The number of carbonyl (C=O) groups is 2. The highest BCUT2D eigenvalue weighted by molar-refractivity contribution is 5.94. The Morgan fingerprint density at radius 1 is 0.941 bits per heavy atom. The molecule has 1 aromatic rings. The van der Waals surface area contributed by atoms with Gasteiger partial charge in [0.2, 0.25) is 5.91 Å². The highest BCUT2D eigenvalue weighted by Crippen LogP contribution is 2.16. The van der Waals surface area contributed by atoms with Crippen molar-refractivity contribution in [1.29, 1.82) is 0 Å². The van der Waals surface area contributed by atoms with Crippen LogP contribution in [0.2, 0.25) is 0 Å². The summed E-state index contributed by atoms with van der Waals surface area (Å²) in [7, 11) is 0. The normalized spacial score (nSPS) is 19.3. The van der Waals surface area contributed by atoms with E-state index in [0.29, 0.717) is 23.9 Å². The van der Waals surface area contributed by atoms with Crippen molar-refractivity contribution < 1.29 is 9.59 Å². The van der Waals surface area contributed by atoms with Gasteiger partial charge in [0.05, 0.1) is 0 Å². The van der Waals surface area contributed by atoms with Crippen molar-refractivity contribution in [3.8, 4) is 0 Å². The molecular weight excluding hydrogens is 424 g/mol. The first-order chi connectivity index (χ1) is 16.2. The first-order valence-corrected chi connectivity index (χ1v) is 13.4. The van der Waals surface area contributed by atoms with E-state index in [1.54, 1.807) is 0 Å². The molecule has 2 aliphatic rings. The Kier molecular flexibility index (Phi) is 12.1. The van der Waals surface area contributed by atoms with E-state index < -0.39 is 0 Å². The minimum Gasteiger partial charge on any atom is -0.348 e. The minimum absolute atomic E-state index is 0.00347. The summed E-state index contributed by atoms with van der Waals surface area (Å²) in [5, 5.41) is 3.16. The lowest BCUT2D eigenvalue weighted by Gasteiger charge is -2.37. The van der Waals surface area contributed by atoms with E-state index in [1.807, 2.05) is 29.2 Å². The largest absolute Gasteiger partial charge is 0.348 e. The number of nitrogens with zero attached hydrogens (tertiary/aromatic N) is 3. The van der Waals surface area contributed by atoms with Crippen LogP contribution in [0.15, 0.2) is 24.3 Å². The predicted octanol–water partition coefficient (Wildman–Crippen LogP) is 4.36. The molecule has 0 bridgehead atoms. The SMILES string of the molecule is CC(C)c1ccc(C(=O)NC2CCN(CCC(=O)N3CCN(C(C)C)CC3)C2)cc1.CCCC. The zero-order valence-electron chi connectivity index (χ0n) is 22.5. The summed E-state index contributed by atoms with van der Waals surface area (Å²) < 4.78 is 0. The molecule has 0 aliphatic carbocycles. The molecule has 2 saturated heterocycles. The molecule has 2 fully saturated rings. The molecule has 0 radical (unpaired) electrons. The number of nitrogens with one attached hydrogen (secondary N) is 1. The number of piperazine rings is 1. The lowest BCUT2D eigenvalue weighted by atomic mass is 10.0. The lowest BCUT2D eigenvalue weighted by molar-refractivity contribution is -0.133. The van der Waals surface area contributed by atoms with E-state index in [9.17, 15) is 9.59 Å². The Bertz CT molecular complexity index is 737. The van der Waals surface area contributed by atoms with Crippen LogP contribution in [-0.2, 0) is 4.79 Å². The van der Waals surface area contributed by atoms with E-state index in [0.717, 1.165) is 52.2 Å². The smallest absolute Gasteiger partial charge is 0.251 e. The van der Waals surface area contributed by atoms with Crippen LogP contribution < -0.4 is 5.32 Å². The molecule has 192 valence electrons. The van der Waals surface area contributed by atoms with E-state index in [-0.39, 0.29) is 17.9 Å². The summed E-state index contributed by atoms with van der Waals surface area (Å²) in [6, 6.07) is 8.60. The van der Waals surface area contributed by atoms with Crippen LogP contribution in [0.25, 0.3) is 0 Å². The number of carbonyl (C=O) groups excluding carboxylic acids is 2. The maximum Gasteiger partial charge on any atom is 0.251 e. The Morgan fingerprint density at radius 2 is 1.56 bits per heavy atom. The van der Waals surface area contributed by atoms with Crippen molar-refractivity contribution in [2.24, 2.45) is 0 Å². The maximum absolute atomic E-state index is 12.6. The molecule has 1 unspecified atom stereocenters. The third-order valence-electron chi connectivity index (χ3n) is 6.99. The van der Waals surface area contributed by atoms with E-state index >= 15 is 0 Å². The van der Waals surface area contributed by atoms with Gasteiger partial charge in [-0.05, 0) is 43.9 Å². The van der Waals surface area contributed by atoms with Gasteiger partial charge in [-0.15, -0.1) is 0 Å². The van der Waals surface area contributed by atoms with Crippen LogP contribution in [-0.4, -0.2) is 84.4 Å². The number of unbranched alkanes of at least 4 members (excludes halogenated alkanes) is 1. The number of benzene rings is 1. The van der Waals surface area contributed by atoms with Crippen molar-refractivity contribution in [2.45, 2.75) is 85.2 Å². The van der Waals surface area contributed by atoms with Crippen LogP contribution in [0.5, 0.6) is 0 Å². The molecule has 1 aromatic carbocycles. The third-order valence-corrected chi connectivity index (χ3v) is 6.99. The topological polar surface area (TPSA) is 55.9 Å². The Hall–Kier alpha value is -1.92. The molecule has 6 nitrogen and oxygen atoms in total. The molecule has 6 heteroatoms. The first kappa shape index (κ1) is 28.3. The van der Waals surface area contributed by atoms with Gasteiger partial charge in [0.25, 0.3) is 5.91 Å². The van der Waals surface area contributed by atoms with E-state index in [4.69, 9.17) is 0 Å². The monoisotopic (exact) mass is 472 g/mol. The zero-order chi connectivity index (χ0) is 25.1. The van der Waals surface area contributed by atoms with Crippen molar-refractivity contribution in [2.75, 3.05) is 45.8 Å². The van der Waals surface area contributed by atoms with Gasteiger partial charge in [-0.2, -0.15) is 0 Å². The van der Waals surface area contributed by atoms with Crippen LogP contribution in [0.1, 0.15) is 89.1 Å². The first-order valence-electron chi connectivity index (χ1n) is 13.4. The third kappa shape index (κ3) is 9.03. The van der Waals surface area contributed by atoms with Crippen molar-refractivity contribution >= 4 is 11.8 Å². The quantitative estimate of drug-likeness (QED) is 0.611. The second kappa shape index (κ2) is 14.5. The molecule has 0 saturated carbocycles. The number of hydrogen-bond acceptors (Lipinski definition) is 4. The Balaban J connectivity index is 0.000000945. The number of rotatable bonds is 8. The molecule has 2 aliphatic heterocycles. The van der Waals surface area contributed by atoms with Gasteiger partial charge < -0.3 is 15.1 Å². The van der Waals surface area contributed by atoms with Gasteiger partial charge >= 0.3 is 0 Å². The summed E-state index contributed by atoms with van der Waals surface area (Å²) in [6.07, 6.45) is 4.15. The molecular formula is C28H48N4O2. The highest BCUT2D eigenvalue weighted by Gasteiger charge is 2.26. The predicted molar refractivity (Wildman–Crippen MR) is 141 cm³/mol. The van der Waals surface area contributed by atoms with E-state index in [2.05, 4.69) is 56.7 Å². The summed E-state index contributed by atoms with van der Waals surface area (Å²) in [5.74, 6) is 0.722. The maximum atomic E-state index is 12.6. The average molecular weight is 473 g/mol. The van der Waals surface area contributed by atoms with Crippen molar-refractivity contribution in [3.05, 3.63) is 35.4 Å². The number of amides is 2. The summed E-state index contributed by atoms with van der Waals surface area (Å²) in [6.45, 7) is 19.2. The fourth-order valence-corrected chi connectivity index (χ4v) is 4.34. The highest BCUT2D eigenvalue weighted by atomic mass is 16.2. The molecule has 3 rings (SSSR count). The van der Waals surface area contributed by atoms with Gasteiger partial charge in [-0.3, -0.25) is 14.5 Å². The molecule has 34 heavy (non-hydrogen) atoms. The fourth-order valence-electron chi connectivity index (χ4n) is 4.34. The average Bonchev–Trinajstić information content (AvgIpc) is 3.29. The molecule has 1 N–H and O–H groups in total. The van der Waals surface area contributed by atoms with Gasteiger partial charge in [-0.25, -0.2) is 0 Å². The van der Waals surface area contributed by atoms with Gasteiger partial charge in [-0.1, -0.05) is 52.7 Å². The molecule has 2 heterocycles. The van der Waals surface area contributed by atoms with Crippen molar-refractivity contribution in [1.82, 2.24) is 20.0 Å². The standard InChI is InChI=1S/C24H38N4O2.C4H10/c1-18(2)20-5-7-21(8-6-20)24(30)25-22-9-11-26(17-22)12-10-23(29)28-15-13-27(14-16-28)19(3)4;1-3-4-2/h5-8,18-19,22H,9-17H2,1-4H3,(H,25,30);3-4H2,1-2H3. The number of likely N-dealkylation sites (tertiary alicyclic amines) is 1. The second-order valence-electron chi connectivity index (χ2n) is 10.3. The Morgan fingerprint density at radius 3 is 2.09 bits per heavy atom. The van der Waals surface area contributed by atoms with E-state index in [1.165, 1.54) is 18.4 Å². The summed E-state index contributed by atoms with van der Waals surface area (Å²) in [4.78, 5) is 31.8. The van der Waals surface area contributed by atoms with Crippen LogP contribution in [0, 0.1) is 0 Å². The van der Waals surface area contributed by atoms with Gasteiger partial charge in [0.1, 0.15) is 0 Å². The zero-order valence-corrected chi connectivity index (χ0v) is 22.5. The summed E-state index contributed by atoms with van der Waals surface area (Å²) in [5.41, 5.74) is 1.96. The molecule has 1 atom stereocenters. The fraction of sp³-hybridized carbons (Fsp3) is 0.714. The van der Waals surface area contributed by atoms with Crippen molar-refractivity contribution in [3.63, 3.8) is 0 Å². The molecule has 0 spiro atoms.